The average molecular weight is 361 g/mol. The lowest BCUT2D eigenvalue weighted by Crippen LogP contribution is -2.22. The molecule has 2 aliphatic rings. The third kappa shape index (κ3) is 3.23. The van der Waals surface area contributed by atoms with Crippen molar-refractivity contribution in [2.75, 3.05) is 6.61 Å². The number of nitrogens with one attached hydrogen (secondary N) is 1. The molecule has 26 heavy (non-hydrogen) atoms. The van der Waals surface area contributed by atoms with Gasteiger partial charge in [-0.1, -0.05) is 19.8 Å². The van der Waals surface area contributed by atoms with Gasteiger partial charge in [0.05, 0.1) is 17.7 Å². The van der Waals surface area contributed by atoms with Crippen LogP contribution in [0.4, 0.5) is 5.69 Å². The van der Waals surface area contributed by atoms with E-state index in [0.717, 1.165) is 19.3 Å². The van der Waals surface area contributed by atoms with Crippen molar-refractivity contribution in [1.29, 1.82) is 0 Å². The van der Waals surface area contributed by atoms with Crippen LogP contribution < -0.4 is 10.2 Å². The molecule has 140 valence electrons. The van der Waals surface area contributed by atoms with Gasteiger partial charge in [-0.3, -0.25) is 14.9 Å². The van der Waals surface area contributed by atoms with Gasteiger partial charge in [-0.05, 0) is 37.2 Å². The summed E-state index contributed by atoms with van der Waals surface area (Å²) in [6.45, 7) is 4.12. The molecular formula is C18H23N3O5. The van der Waals surface area contributed by atoms with Gasteiger partial charge >= 0.3 is 5.69 Å². The number of rotatable bonds is 6. The van der Waals surface area contributed by atoms with Crippen LogP contribution >= 0.6 is 0 Å². The highest BCUT2D eigenvalue weighted by Crippen LogP contribution is 2.66. The van der Waals surface area contributed by atoms with Crippen LogP contribution in [0.15, 0.2) is 17.2 Å². The lowest BCUT2D eigenvalue weighted by molar-refractivity contribution is -0.386. The quantitative estimate of drug-likeness (QED) is 0.459. The number of hydrazone groups is 1. The molecule has 1 aromatic rings. The molecule has 3 rings (SSSR count). The van der Waals surface area contributed by atoms with Crippen molar-refractivity contribution in [3.63, 3.8) is 0 Å². The Morgan fingerprint density at radius 2 is 2.31 bits per heavy atom. The smallest absolute Gasteiger partial charge is 0.315 e. The van der Waals surface area contributed by atoms with Gasteiger partial charge in [0.15, 0.2) is 5.75 Å². The minimum absolute atomic E-state index is 0.00436. The molecule has 2 aliphatic carbocycles. The molecule has 8 heteroatoms. The summed E-state index contributed by atoms with van der Waals surface area (Å²) in [5.41, 5.74) is 2.53. The molecule has 0 aliphatic heterocycles. The van der Waals surface area contributed by atoms with Crippen LogP contribution in [0.1, 0.15) is 45.1 Å². The second-order valence-corrected chi connectivity index (χ2v) is 7.15. The molecule has 2 N–H and O–H groups in total. The molecule has 8 nitrogen and oxygen atoms in total. The Bertz CT molecular complexity index is 763. The molecule has 0 heterocycles. The van der Waals surface area contributed by atoms with E-state index in [1.807, 2.05) is 0 Å². The largest absolute Gasteiger partial charge is 0.500 e. The van der Waals surface area contributed by atoms with Crippen molar-refractivity contribution >= 4 is 17.8 Å². The van der Waals surface area contributed by atoms with Gasteiger partial charge in [0.25, 0.3) is 0 Å². The molecule has 3 unspecified atom stereocenters. The number of amides is 1. The fourth-order valence-corrected chi connectivity index (χ4v) is 4.18. The standard InChI is InChI=1S/C18H23N3O5/c1-3-26-14-9-11(8-13(16(14)22)21(24)25)10-19-20-17(23)15-12-6-4-5-7-18(12,15)2/h8-10,12,15,22H,3-7H2,1-2H3,(H,20,23). The minimum atomic E-state index is -0.691. The second-order valence-electron chi connectivity index (χ2n) is 7.15. The van der Waals surface area contributed by atoms with Crippen LogP contribution in [0, 0.1) is 27.4 Å². The maximum atomic E-state index is 12.4. The number of hydrogen-bond donors (Lipinski definition) is 2. The maximum Gasteiger partial charge on any atom is 0.315 e. The number of fused-ring (bicyclic) bond motifs is 1. The highest BCUT2D eigenvalue weighted by atomic mass is 16.6. The zero-order valence-electron chi connectivity index (χ0n) is 14.9. The van der Waals surface area contributed by atoms with Gasteiger partial charge in [-0.2, -0.15) is 5.10 Å². The summed E-state index contributed by atoms with van der Waals surface area (Å²) in [7, 11) is 0. The van der Waals surface area contributed by atoms with E-state index in [1.165, 1.54) is 24.8 Å². The van der Waals surface area contributed by atoms with Crippen molar-refractivity contribution in [3.05, 3.63) is 27.8 Å². The number of carbonyl (C=O) groups is 1. The van der Waals surface area contributed by atoms with E-state index in [4.69, 9.17) is 4.74 Å². The summed E-state index contributed by atoms with van der Waals surface area (Å²) in [5, 5.41) is 24.9. The van der Waals surface area contributed by atoms with E-state index in [9.17, 15) is 20.0 Å². The zero-order chi connectivity index (χ0) is 18.9. The van der Waals surface area contributed by atoms with Gasteiger partial charge in [0, 0.05) is 17.5 Å². The van der Waals surface area contributed by atoms with Gasteiger partial charge in [-0.15, -0.1) is 0 Å². The van der Waals surface area contributed by atoms with Crippen molar-refractivity contribution in [2.45, 2.75) is 39.5 Å². The molecule has 0 bridgehead atoms. The second kappa shape index (κ2) is 6.93. The monoisotopic (exact) mass is 361 g/mol. The van der Waals surface area contributed by atoms with Gasteiger partial charge in [0.1, 0.15) is 0 Å². The SMILES string of the molecule is CCOc1cc(C=NNC(=O)C2C3CCCCC32C)cc([N+](=O)[O-])c1O. The number of nitro benzene ring substituents is 1. The third-order valence-corrected chi connectivity index (χ3v) is 5.58. The first-order valence-corrected chi connectivity index (χ1v) is 8.85. The summed E-state index contributed by atoms with van der Waals surface area (Å²) in [4.78, 5) is 22.7. The number of hydrogen-bond acceptors (Lipinski definition) is 6. The van der Waals surface area contributed by atoms with Crippen molar-refractivity contribution < 1.29 is 19.6 Å². The number of ether oxygens (including phenoxy) is 1. The molecule has 0 aromatic heterocycles. The Morgan fingerprint density at radius 1 is 1.54 bits per heavy atom. The fraction of sp³-hybridized carbons (Fsp3) is 0.556. The van der Waals surface area contributed by atoms with Crippen LogP contribution in [0.2, 0.25) is 0 Å². The summed E-state index contributed by atoms with van der Waals surface area (Å²) >= 11 is 0. The molecule has 0 radical (unpaired) electrons. The number of phenolic OH excluding ortho intramolecular Hbond substituents is 1. The first-order chi connectivity index (χ1) is 12.4. The first-order valence-electron chi connectivity index (χ1n) is 8.85. The maximum absolute atomic E-state index is 12.4. The van der Waals surface area contributed by atoms with E-state index >= 15 is 0 Å². The van der Waals surface area contributed by atoms with Crippen LogP contribution in [0.25, 0.3) is 0 Å². The van der Waals surface area contributed by atoms with Gasteiger partial charge < -0.3 is 9.84 Å². The van der Waals surface area contributed by atoms with Crippen molar-refractivity contribution in [1.82, 2.24) is 5.43 Å². The van der Waals surface area contributed by atoms with E-state index in [0.29, 0.717) is 11.5 Å². The summed E-state index contributed by atoms with van der Waals surface area (Å²) in [6, 6.07) is 2.63. The highest BCUT2D eigenvalue weighted by molar-refractivity contribution is 5.87. The molecule has 3 atom stereocenters. The third-order valence-electron chi connectivity index (χ3n) is 5.58. The first kappa shape index (κ1) is 18.2. The van der Waals surface area contributed by atoms with E-state index in [1.54, 1.807) is 6.92 Å². The zero-order valence-corrected chi connectivity index (χ0v) is 14.9. The Morgan fingerprint density at radius 3 is 2.92 bits per heavy atom. The topological polar surface area (TPSA) is 114 Å². The van der Waals surface area contributed by atoms with E-state index in [2.05, 4.69) is 17.5 Å². The molecule has 1 amide bonds. The van der Waals surface area contributed by atoms with Crippen LogP contribution in [-0.4, -0.2) is 28.8 Å². The predicted molar refractivity (Wildman–Crippen MR) is 95.2 cm³/mol. The molecular weight excluding hydrogens is 338 g/mol. The molecule has 2 saturated carbocycles. The predicted octanol–water partition coefficient (Wildman–Crippen LogP) is 2.98. The summed E-state index contributed by atoms with van der Waals surface area (Å²) < 4.78 is 5.22. The van der Waals surface area contributed by atoms with Crippen LogP contribution in [-0.2, 0) is 4.79 Å². The van der Waals surface area contributed by atoms with Gasteiger partial charge in [0.2, 0.25) is 11.7 Å². The van der Waals surface area contributed by atoms with E-state index < -0.39 is 16.4 Å². The molecule has 1 aromatic carbocycles. The summed E-state index contributed by atoms with van der Waals surface area (Å²) in [6.07, 6.45) is 5.81. The lowest BCUT2D eigenvalue weighted by atomic mass is 9.90. The lowest BCUT2D eigenvalue weighted by Gasteiger charge is -2.15. The Kier molecular flexibility index (Phi) is 4.84. The van der Waals surface area contributed by atoms with Crippen LogP contribution in [0.5, 0.6) is 11.5 Å². The average Bonchev–Trinajstić information content (AvgIpc) is 3.23. The van der Waals surface area contributed by atoms with Crippen LogP contribution in [0.3, 0.4) is 0 Å². The van der Waals surface area contributed by atoms with Crippen molar-refractivity contribution in [3.8, 4) is 11.5 Å². The number of phenols is 1. The molecule has 2 fully saturated rings. The number of carbonyl (C=O) groups excluding carboxylic acids is 1. The Labute approximate surface area is 151 Å². The normalized spacial score (nSPS) is 27.0. The number of aromatic hydroxyl groups is 1. The minimum Gasteiger partial charge on any atom is -0.500 e. The Hall–Kier alpha value is -2.64. The summed E-state index contributed by atoms with van der Waals surface area (Å²) in [5.74, 6) is -0.182. The number of nitrogens with zero attached hydrogens (tertiary/aromatic N) is 2. The number of nitro groups is 1. The van der Waals surface area contributed by atoms with Crippen molar-refractivity contribution in [2.24, 2.45) is 22.4 Å². The van der Waals surface area contributed by atoms with Gasteiger partial charge in [-0.25, -0.2) is 5.43 Å². The fourth-order valence-electron chi connectivity index (χ4n) is 4.18. The number of benzene rings is 1. The highest BCUT2D eigenvalue weighted by Gasteiger charge is 2.64. The molecule has 0 spiro atoms. The Balaban J connectivity index is 1.70. The molecule has 0 saturated heterocycles. The van der Waals surface area contributed by atoms with E-state index in [-0.39, 0.29) is 29.6 Å².